The van der Waals surface area contributed by atoms with Gasteiger partial charge in [-0.25, -0.2) is 8.42 Å². The number of hydrogen-bond acceptors (Lipinski definition) is 7. The minimum atomic E-state index is -3.03. The number of carbonyl (C=O) groups is 1. The van der Waals surface area contributed by atoms with Gasteiger partial charge in [-0.1, -0.05) is 35.9 Å². The van der Waals surface area contributed by atoms with Crippen molar-refractivity contribution in [2.75, 3.05) is 32.3 Å². The number of carbonyl (C=O) groups excluding carboxylic acids is 1. The van der Waals surface area contributed by atoms with Crippen molar-refractivity contribution in [1.82, 2.24) is 0 Å². The van der Waals surface area contributed by atoms with Gasteiger partial charge in [-0.3, -0.25) is 4.79 Å². The lowest BCUT2D eigenvalue weighted by Crippen LogP contribution is -2.09. The first-order valence-corrected chi connectivity index (χ1v) is 15.2. The third-order valence-corrected chi connectivity index (χ3v) is 8.21. The molecular formula is C30H33ClO7S. The summed E-state index contributed by atoms with van der Waals surface area (Å²) in [5.41, 5.74) is 5.91. The number of esters is 1. The normalized spacial score (nSPS) is 14.4. The van der Waals surface area contributed by atoms with Crippen LogP contribution in [0, 0.1) is 13.8 Å². The molecule has 0 aliphatic carbocycles. The van der Waals surface area contributed by atoms with Crippen LogP contribution in [0.2, 0.25) is 5.02 Å². The summed E-state index contributed by atoms with van der Waals surface area (Å²) in [5, 5.41) is 0.514. The van der Waals surface area contributed by atoms with E-state index in [4.69, 9.17) is 30.5 Å². The molecule has 0 spiro atoms. The number of halogens is 1. The van der Waals surface area contributed by atoms with Gasteiger partial charge in [-0.15, -0.1) is 0 Å². The Morgan fingerprint density at radius 2 is 1.90 bits per heavy atom. The third-order valence-electron chi connectivity index (χ3n) is 6.71. The molecule has 1 heterocycles. The number of benzene rings is 3. The van der Waals surface area contributed by atoms with Crippen LogP contribution in [0.1, 0.15) is 41.0 Å². The van der Waals surface area contributed by atoms with Gasteiger partial charge in [0.25, 0.3) is 0 Å². The molecule has 0 aromatic heterocycles. The van der Waals surface area contributed by atoms with Crippen LogP contribution in [0.3, 0.4) is 0 Å². The first-order valence-electron chi connectivity index (χ1n) is 12.7. The Morgan fingerprint density at radius 3 is 2.64 bits per heavy atom. The fraction of sp³-hybridized carbons (Fsp3) is 0.367. The Labute approximate surface area is 234 Å². The Hall–Kier alpha value is -3.23. The summed E-state index contributed by atoms with van der Waals surface area (Å²) in [6.07, 6.45) is 1.91. The zero-order valence-electron chi connectivity index (χ0n) is 22.6. The summed E-state index contributed by atoms with van der Waals surface area (Å²) in [6.45, 7) is 5.04. The van der Waals surface area contributed by atoms with E-state index in [1.807, 2.05) is 56.3 Å². The van der Waals surface area contributed by atoms with Gasteiger partial charge in [0.2, 0.25) is 0 Å². The second-order valence-corrected chi connectivity index (χ2v) is 12.5. The first kappa shape index (κ1) is 28.8. The Morgan fingerprint density at radius 1 is 1.10 bits per heavy atom. The molecule has 0 bridgehead atoms. The van der Waals surface area contributed by atoms with E-state index in [0.29, 0.717) is 36.2 Å². The third kappa shape index (κ3) is 7.25. The monoisotopic (exact) mass is 572 g/mol. The van der Waals surface area contributed by atoms with Crippen molar-refractivity contribution in [2.45, 2.75) is 39.2 Å². The highest BCUT2D eigenvalue weighted by Gasteiger charge is 2.27. The van der Waals surface area contributed by atoms with Crippen LogP contribution < -0.4 is 14.2 Å². The minimum absolute atomic E-state index is 0.0132. The van der Waals surface area contributed by atoms with Crippen LogP contribution in [0.15, 0.2) is 48.5 Å². The molecule has 0 fully saturated rings. The zero-order valence-corrected chi connectivity index (χ0v) is 24.2. The van der Waals surface area contributed by atoms with Gasteiger partial charge in [0.05, 0.1) is 37.5 Å². The van der Waals surface area contributed by atoms with E-state index in [2.05, 4.69) is 6.07 Å². The Balaban J connectivity index is 1.44. The van der Waals surface area contributed by atoms with Gasteiger partial charge < -0.3 is 18.9 Å². The minimum Gasteiger partial charge on any atom is -0.492 e. The van der Waals surface area contributed by atoms with Crippen molar-refractivity contribution in [3.63, 3.8) is 0 Å². The molecule has 7 nitrogen and oxygen atoms in total. The maximum absolute atomic E-state index is 11.7. The van der Waals surface area contributed by atoms with Crippen LogP contribution in [-0.4, -0.2) is 46.7 Å². The van der Waals surface area contributed by atoms with Crippen molar-refractivity contribution in [1.29, 1.82) is 0 Å². The Bertz CT molecular complexity index is 1470. The highest BCUT2D eigenvalue weighted by atomic mass is 35.5. The highest BCUT2D eigenvalue weighted by Crippen LogP contribution is 2.40. The lowest BCUT2D eigenvalue weighted by Gasteiger charge is -2.17. The number of hydrogen-bond donors (Lipinski definition) is 0. The van der Waals surface area contributed by atoms with Gasteiger partial charge in [0.1, 0.15) is 33.7 Å². The van der Waals surface area contributed by atoms with E-state index in [-0.39, 0.29) is 30.7 Å². The topological polar surface area (TPSA) is 88.1 Å². The standard InChI is InChI=1S/C30H33ClO7S/c1-19-13-27(36-11-6-12-39(4,33)34)30(31)20(2)29(19)22-8-5-7-21(14-22)17-37-24-9-10-25-23(15-28(32)35-3)18-38-26(25)16-24/h5,7-10,13-14,16,23H,6,11-12,15,17-18H2,1-4H3/t23-/m1/s1. The fourth-order valence-electron chi connectivity index (χ4n) is 4.76. The summed E-state index contributed by atoms with van der Waals surface area (Å²) >= 11 is 6.66. The summed E-state index contributed by atoms with van der Waals surface area (Å²) in [4.78, 5) is 11.7. The average molecular weight is 573 g/mol. The molecule has 0 saturated heterocycles. The van der Waals surface area contributed by atoms with E-state index in [1.165, 1.54) is 13.4 Å². The summed E-state index contributed by atoms with van der Waals surface area (Å²) < 4.78 is 45.2. The molecule has 1 atom stereocenters. The predicted molar refractivity (Wildman–Crippen MR) is 152 cm³/mol. The van der Waals surface area contributed by atoms with Crippen LogP contribution in [0.25, 0.3) is 11.1 Å². The van der Waals surface area contributed by atoms with E-state index < -0.39 is 9.84 Å². The van der Waals surface area contributed by atoms with Gasteiger partial charge >= 0.3 is 5.97 Å². The molecule has 3 aromatic carbocycles. The van der Waals surface area contributed by atoms with Gasteiger partial charge in [-0.05, 0) is 66.3 Å². The van der Waals surface area contributed by atoms with E-state index in [1.54, 1.807) is 0 Å². The summed E-state index contributed by atoms with van der Waals surface area (Å²) in [6, 6.07) is 15.7. The van der Waals surface area contributed by atoms with Crippen LogP contribution >= 0.6 is 11.6 Å². The second-order valence-electron chi connectivity index (χ2n) is 9.81. The largest absolute Gasteiger partial charge is 0.492 e. The highest BCUT2D eigenvalue weighted by molar-refractivity contribution is 7.90. The number of methoxy groups -OCH3 is 1. The van der Waals surface area contributed by atoms with Crippen molar-refractivity contribution < 1.29 is 32.2 Å². The number of aryl methyl sites for hydroxylation is 1. The lowest BCUT2D eigenvalue weighted by molar-refractivity contribution is -0.141. The number of fused-ring (bicyclic) bond motifs is 1. The first-order chi connectivity index (χ1) is 18.6. The molecule has 0 N–H and O–H groups in total. The SMILES string of the molecule is COC(=O)C[C@@H]1COc2cc(OCc3cccc(-c4c(C)cc(OCCCS(C)(=O)=O)c(Cl)c4C)c3)ccc21. The molecule has 1 aliphatic heterocycles. The van der Waals surface area contributed by atoms with Crippen molar-refractivity contribution in [3.05, 3.63) is 75.8 Å². The van der Waals surface area contributed by atoms with Gasteiger partial charge in [0.15, 0.2) is 0 Å². The van der Waals surface area contributed by atoms with Crippen LogP contribution in [0.5, 0.6) is 17.2 Å². The molecule has 0 unspecified atom stereocenters. The molecule has 208 valence electrons. The molecule has 0 saturated carbocycles. The molecule has 3 aromatic rings. The number of sulfone groups is 1. The molecule has 0 amide bonds. The van der Waals surface area contributed by atoms with E-state index in [9.17, 15) is 13.2 Å². The number of rotatable bonds is 11. The molecule has 0 radical (unpaired) electrons. The average Bonchev–Trinajstić information content (AvgIpc) is 3.29. The van der Waals surface area contributed by atoms with Gasteiger partial charge in [0, 0.05) is 23.8 Å². The summed E-state index contributed by atoms with van der Waals surface area (Å²) in [7, 11) is -1.64. The Kier molecular flexibility index (Phi) is 9.08. The second kappa shape index (κ2) is 12.3. The molecule has 39 heavy (non-hydrogen) atoms. The van der Waals surface area contributed by atoms with Crippen molar-refractivity contribution in [3.8, 4) is 28.4 Å². The van der Waals surface area contributed by atoms with Gasteiger partial charge in [-0.2, -0.15) is 0 Å². The van der Waals surface area contributed by atoms with E-state index >= 15 is 0 Å². The quantitative estimate of drug-likeness (QED) is 0.204. The summed E-state index contributed by atoms with van der Waals surface area (Å²) in [5.74, 6) is 1.77. The maximum Gasteiger partial charge on any atom is 0.306 e. The smallest absolute Gasteiger partial charge is 0.306 e. The zero-order chi connectivity index (χ0) is 28.2. The van der Waals surface area contributed by atoms with Crippen molar-refractivity contribution >= 4 is 27.4 Å². The lowest BCUT2D eigenvalue weighted by atomic mass is 9.94. The van der Waals surface area contributed by atoms with Crippen LogP contribution in [-0.2, 0) is 26.0 Å². The predicted octanol–water partition coefficient (Wildman–Crippen LogP) is 6.06. The molecule has 4 rings (SSSR count). The molecule has 1 aliphatic rings. The van der Waals surface area contributed by atoms with E-state index in [0.717, 1.165) is 39.1 Å². The molecular weight excluding hydrogens is 540 g/mol. The van der Waals surface area contributed by atoms with Crippen molar-refractivity contribution in [2.24, 2.45) is 0 Å². The maximum atomic E-state index is 11.7. The molecule has 9 heteroatoms. The number of ether oxygens (including phenoxy) is 4. The van der Waals surface area contributed by atoms with Crippen LogP contribution in [0.4, 0.5) is 0 Å². The fourth-order valence-corrected chi connectivity index (χ4v) is 5.60.